The van der Waals surface area contributed by atoms with E-state index < -0.39 is 5.97 Å². The van der Waals surface area contributed by atoms with Crippen LogP contribution in [0.3, 0.4) is 0 Å². The number of hydrogen-bond donors (Lipinski definition) is 1. The first kappa shape index (κ1) is 14.3. The maximum atomic E-state index is 10.5. The minimum Gasteiger partial charge on any atom is -0.481 e. The summed E-state index contributed by atoms with van der Waals surface area (Å²) in [5.41, 5.74) is 1.27. The number of carbonyl (C=O) groups is 1. The average Bonchev–Trinajstić information content (AvgIpc) is 2.40. The van der Waals surface area contributed by atoms with E-state index in [-0.39, 0.29) is 6.42 Å². The quantitative estimate of drug-likeness (QED) is 0.896. The first-order valence-electron chi connectivity index (χ1n) is 6.54. The maximum Gasteiger partial charge on any atom is 0.304 e. The molecular weight excluding hydrogens is 264 g/mol. The van der Waals surface area contributed by atoms with E-state index in [0.717, 1.165) is 37.7 Å². The summed E-state index contributed by atoms with van der Waals surface area (Å²) >= 11 is 5.87. The highest BCUT2D eigenvalue weighted by Gasteiger charge is 2.17. The highest BCUT2D eigenvalue weighted by molar-refractivity contribution is 6.30. The molecule has 0 unspecified atom stereocenters. The van der Waals surface area contributed by atoms with E-state index in [1.54, 1.807) is 0 Å². The Morgan fingerprint density at radius 2 is 1.68 bits per heavy atom. The Hall–Kier alpha value is -1.10. The van der Waals surface area contributed by atoms with Gasteiger partial charge in [0.05, 0.1) is 6.42 Å². The molecule has 4 nitrogen and oxygen atoms in total. The Bertz CT molecular complexity index is 414. The zero-order valence-corrected chi connectivity index (χ0v) is 11.6. The molecule has 1 aromatic carbocycles. The van der Waals surface area contributed by atoms with Gasteiger partial charge in [0.2, 0.25) is 0 Å². The van der Waals surface area contributed by atoms with Gasteiger partial charge in [-0.15, -0.1) is 0 Å². The summed E-state index contributed by atoms with van der Waals surface area (Å²) in [6.07, 6.45) is 0.233. The molecule has 1 saturated heterocycles. The Labute approximate surface area is 118 Å². The van der Waals surface area contributed by atoms with Crippen molar-refractivity contribution in [1.82, 2.24) is 9.80 Å². The fourth-order valence-electron chi connectivity index (χ4n) is 2.27. The largest absolute Gasteiger partial charge is 0.481 e. The van der Waals surface area contributed by atoms with Crippen molar-refractivity contribution in [1.29, 1.82) is 0 Å². The van der Waals surface area contributed by atoms with Crippen molar-refractivity contribution < 1.29 is 9.90 Å². The van der Waals surface area contributed by atoms with Gasteiger partial charge in [-0.3, -0.25) is 9.69 Å². The van der Waals surface area contributed by atoms with Crippen LogP contribution >= 0.6 is 11.6 Å². The predicted molar refractivity (Wildman–Crippen MR) is 75.4 cm³/mol. The third-order valence-electron chi connectivity index (χ3n) is 3.43. The second kappa shape index (κ2) is 6.89. The summed E-state index contributed by atoms with van der Waals surface area (Å²) in [5, 5.41) is 9.43. The van der Waals surface area contributed by atoms with Gasteiger partial charge in [-0.25, -0.2) is 0 Å². The van der Waals surface area contributed by atoms with Crippen LogP contribution in [0.25, 0.3) is 0 Å². The number of aliphatic carboxylic acids is 1. The molecule has 0 saturated carbocycles. The average molecular weight is 283 g/mol. The molecule has 0 radical (unpaired) electrons. The lowest BCUT2D eigenvalue weighted by Gasteiger charge is -2.34. The standard InChI is InChI=1S/C14H19ClN2O2/c15-13-3-1-12(2-4-13)11-17-9-7-16(8-10-17)6-5-14(18)19/h1-4H,5-11H2,(H,18,19). The Morgan fingerprint density at radius 1 is 1.11 bits per heavy atom. The van der Waals surface area contributed by atoms with Gasteiger partial charge in [0.1, 0.15) is 0 Å². The molecule has 1 heterocycles. The Morgan fingerprint density at radius 3 is 2.26 bits per heavy atom. The fourth-order valence-corrected chi connectivity index (χ4v) is 2.40. The topological polar surface area (TPSA) is 43.8 Å². The fraction of sp³-hybridized carbons (Fsp3) is 0.500. The zero-order chi connectivity index (χ0) is 13.7. The van der Waals surface area contributed by atoms with Crippen molar-refractivity contribution in [2.24, 2.45) is 0 Å². The molecule has 1 aliphatic heterocycles. The summed E-state index contributed by atoms with van der Waals surface area (Å²) < 4.78 is 0. The van der Waals surface area contributed by atoms with E-state index in [4.69, 9.17) is 16.7 Å². The second-order valence-corrected chi connectivity index (χ2v) is 5.32. The van der Waals surface area contributed by atoms with Gasteiger partial charge < -0.3 is 10.0 Å². The van der Waals surface area contributed by atoms with Gasteiger partial charge in [0.25, 0.3) is 0 Å². The second-order valence-electron chi connectivity index (χ2n) is 4.89. The third kappa shape index (κ3) is 4.82. The molecule has 1 N–H and O–H groups in total. The zero-order valence-electron chi connectivity index (χ0n) is 10.9. The number of piperazine rings is 1. The normalized spacial score (nSPS) is 17.5. The van der Waals surface area contributed by atoms with Crippen molar-refractivity contribution in [3.05, 3.63) is 34.9 Å². The molecule has 5 heteroatoms. The highest BCUT2D eigenvalue weighted by Crippen LogP contribution is 2.12. The first-order chi connectivity index (χ1) is 9.13. The van der Waals surface area contributed by atoms with Crippen LogP contribution in [0.2, 0.25) is 5.02 Å². The van der Waals surface area contributed by atoms with Crippen LogP contribution in [0.15, 0.2) is 24.3 Å². The molecule has 2 rings (SSSR count). The van der Waals surface area contributed by atoms with E-state index in [9.17, 15) is 4.79 Å². The van der Waals surface area contributed by atoms with Crippen molar-refractivity contribution in [3.63, 3.8) is 0 Å². The van der Waals surface area contributed by atoms with Crippen molar-refractivity contribution in [2.75, 3.05) is 32.7 Å². The molecule has 0 atom stereocenters. The molecule has 104 valence electrons. The summed E-state index contributed by atoms with van der Waals surface area (Å²) in [6, 6.07) is 7.94. The minimum absolute atomic E-state index is 0.233. The Kier molecular flexibility index (Phi) is 5.19. The highest BCUT2D eigenvalue weighted by atomic mass is 35.5. The summed E-state index contributed by atoms with van der Waals surface area (Å²) in [4.78, 5) is 15.1. The van der Waals surface area contributed by atoms with Crippen LogP contribution in [0.4, 0.5) is 0 Å². The van der Waals surface area contributed by atoms with E-state index in [2.05, 4.69) is 21.9 Å². The van der Waals surface area contributed by atoms with Crippen molar-refractivity contribution in [3.8, 4) is 0 Å². The van der Waals surface area contributed by atoms with Crippen LogP contribution in [0.1, 0.15) is 12.0 Å². The number of halogens is 1. The summed E-state index contributed by atoms with van der Waals surface area (Å²) in [7, 11) is 0. The van der Waals surface area contributed by atoms with E-state index in [1.165, 1.54) is 5.56 Å². The lowest BCUT2D eigenvalue weighted by Crippen LogP contribution is -2.46. The van der Waals surface area contributed by atoms with Gasteiger partial charge in [-0.2, -0.15) is 0 Å². The van der Waals surface area contributed by atoms with Crippen molar-refractivity contribution >= 4 is 17.6 Å². The molecule has 0 amide bonds. The third-order valence-corrected chi connectivity index (χ3v) is 3.68. The SMILES string of the molecule is O=C(O)CCN1CCN(Cc2ccc(Cl)cc2)CC1. The van der Waals surface area contributed by atoms with Gasteiger partial charge in [-0.05, 0) is 17.7 Å². The molecule has 0 aliphatic carbocycles. The smallest absolute Gasteiger partial charge is 0.304 e. The van der Waals surface area contributed by atoms with E-state index >= 15 is 0 Å². The monoisotopic (exact) mass is 282 g/mol. The molecule has 1 aliphatic rings. The number of nitrogens with zero attached hydrogens (tertiary/aromatic N) is 2. The number of carboxylic acids is 1. The Balaban J connectivity index is 1.74. The van der Waals surface area contributed by atoms with Gasteiger partial charge >= 0.3 is 5.97 Å². The molecule has 1 fully saturated rings. The van der Waals surface area contributed by atoms with Crippen LogP contribution in [0.5, 0.6) is 0 Å². The molecule has 0 bridgehead atoms. The number of hydrogen-bond acceptors (Lipinski definition) is 3. The number of rotatable bonds is 5. The van der Waals surface area contributed by atoms with Crippen LogP contribution in [-0.4, -0.2) is 53.6 Å². The summed E-state index contributed by atoms with van der Waals surface area (Å²) in [5.74, 6) is -0.719. The van der Waals surface area contributed by atoms with Crippen molar-refractivity contribution in [2.45, 2.75) is 13.0 Å². The number of carboxylic acid groups (broad SMARTS) is 1. The molecule has 1 aromatic rings. The van der Waals surface area contributed by atoms with Gasteiger partial charge in [0, 0.05) is 44.3 Å². The molecule has 0 aromatic heterocycles. The van der Waals surface area contributed by atoms with E-state index in [1.807, 2.05) is 12.1 Å². The predicted octanol–water partition coefficient (Wildman–Crippen LogP) is 1.93. The van der Waals surface area contributed by atoms with Gasteiger partial charge in [-0.1, -0.05) is 23.7 Å². The minimum atomic E-state index is -0.719. The molecule has 19 heavy (non-hydrogen) atoms. The number of benzene rings is 1. The lowest BCUT2D eigenvalue weighted by atomic mass is 10.2. The first-order valence-corrected chi connectivity index (χ1v) is 6.92. The van der Waals surface area contributed by atoms with Crippen LogP contribution in [0, 0.1) is 0 Å². The molecule has 0 spiro atoms. The maximum absolute atomic E-state index is 10.5. The van der Waals surface area contributed by atoms with Crippen LogP contribution < -0.4 is 0 Å². The van der Waals surface area contributed by atoms with Crippen LogP contribution in [-0.2, 0) is 11.3 Å². The summed E-state index contributed by atoms with van der Waals surface area (Å²) in [6.45, 7) is 5.46. The molecular formula is C14H19ClN2O2. The lowest BCUT2D eigenvalue weighted by molar-refractivity contribution is -0.137. The van der Waals surface area contributed by atoms with E-state index in [0.29, 0.717) is 6.54 Å². The van der Waals surface area contributed by atoms with Gasteiger partial charge in [0.15, 0.2) is 0 Å².